The largest absolute Gasteiger partial charge is 0.433 e. The highest BCUT2D eigenvalue weighted by molar-refractivity contribution is 5.79. The van der Waals surface area contributed by atoms with Crippen molar-refractivity contribution in [3.05, 3.63) is 98.3 Å². The number of furan rings is 1. The third kappa shape index (κ3) is 3.21. The molecule has 0 aliphatic heterocycles. The van der Waals surface area contributed by atoms with Gasteiger partial charge in [0.25, 0.3) is 5.56 Å². The molecular formula is C21H15N3O4. The number of hydrogen-bond donors (Lipinski definition) is 0. The van der Waals surface area contributed by atoms with Crippen LogP contribution in [0.5, 0.6) is 0 Å². The van der Waals surface area contributed by atoms with Crippen molar-refractivity contribution in [2.45, 2.75) is 6.92 Å². The van der Waals surface area contributed by atoms with Crippen molar-refractivity contribution in [2.75, 3.05) is 0 Å². The molecule has 4 aromatic rings. The maximum absolute atomic E-state index is 13.1. The SMILES string of the molecule is Cc1cccc(-n2c(/C=C/c3ccc([N+](=O)[O-])o3)nc3ccccc3c2=O)c1. The molecule has 0 bridgehead atoms. The average molecular weight is 373 g/mol. The number of benzene rings is 2. The smallest absolute Gasteiger partial charge is 0.401 e. The Morgan fingerprint density at radius 1 is 1.07 bits per heavy atom. The number of rotatable bonds is 4. The van der Waals surface area contributed by atoms with E-state index < -0.39 is 4.92 Å². The third-order valence-corrected chi connectivity index (χ3v) is 4.25. The zero-order valence-corrected chi connectivity index (χ0v) is 14.9. The van der Waals surface area contributed by atoms with Gasteiger partial charge in [0.2, 0.25) is 0 Å². The molecule has 0 aliphatic rings. The first-order valence-electron chi connectivity index (χ1n) is 8.54. The molecule has 138 valence electrons. The molecule has 0 N–H and O–H groups in total. The van der Waals surface area contributed by atoms with E-state index in [4.69, 9.17) is 4.42 Å². The van der Waals surface area contributed by atoms with Gasteiger partial charge < -0.3 is 4.42 Å². The van der Waals surface area contributed by atoms with E-state index in [-0.39, 0.29) is 11.4 Å². The monoisotopic (exact) mass is 373 g/mol. The van der Waals surface area contributed by atoms with Crippen LogP contribution in [0.4, 0.5) is 5.88 Å². The molecular weight excluding hydrogens is 358 g/mol. The van der Waals surface area contributed by atoms with E-state index >= 15 is 0 Å². The molecule has 2 aromatic heterocycles. The van der Waals surface area contributed by atoms with E-state index in [2.05, 4.69) is 4.98 Å². The molecule has 0 fully saturated rings. The second kappa shape index (κ2) is 6.96. The Hall–Kier alpha value is -4.00. The summed E-state index contributed by atoms with van der Waals surface area (Å²) in [6.07, 6.45) is 3.16. The second-order valence-corrected chi connectivity index (χ2v) is 6.23. The van der Waals surface area contributed by atoms with Gasteiger partial charge in [-0.05, 0) is 55.0 Å². The molecule has 28 heavy (non-hydrogen) atoms. The summed E-state index contributed by atoms with van der Waals surface area (Å²) in [5.41, 5.74) is 2.07. The quantitative estimate of drug-likeness (QED) is 0.391. The zero-order valence-electron chi connectivity index (χ0n) is 14.9. The highest BCUT2D eigenvalue weighted by Gasteiger charge is 2.13. The van der Waals surface area contributed by atoms with Gasteiger partial charge in [-0.1, -0.05) is 24.3 Å². The molecule has 0 saturated heterocycles. The highest BCUT2D eigenvalue weighted by atomic mass is 16.6. The highest BCUT2D eigenvalue weighted by Crippen LogP contribution is 2.19. The Balaban J connectivity index is 1.90. The van der Waals surface area contributed by atoms with Crippen LogP contribution >= 0.6 is 0 Å². The van der Waals surface area contributed by atoms with Gasteiger partial charge in [0.15, 0.2) is 0 Å². The van der Waals surface area contributed by atoms with Gasteiger partial charge >= 0.3 is 5.88 Å². The van der Waals surface area contributed by atoms with Crippen LogP contribution in [0.1, 0.15) is 17.1 Å². The molecule has 0 radical (unpaired) electrons. The second-order valence-electron chi connectivity index (χ2n) is 6.23. The van der Waals surface area contributed by atoms with E-state index in [0.717, 1.165) is 5.56 Å². The van der Waals surface area contributed by atoms with Crippen molar-refractivity contribution in [1.29, 1.82) is 0 Å². The van der Waals surface area contributed by atoms with Crippen LogP contribution in [0.2, 0.25) is 0 Å². The van der Waals surface area contributed by atoms with Gasteiger partial charge in [0.05, 0.1) is 22.7 Å². The number of aryl methyl sites for hydroxylation is 1. The minimum Gasteiger partial charge on any atom is -0.401 e. The first kappa shape index (κ1) is 17.4. The molecule has 0 spiro atoms. The predicted molar refractivity (Wildman–Crippen MR) is 106 cm³/mol. The Bertz CT molecular complexity index is 1280. The molecule has 7 nitrogen and oxygen atoms in total. The lowest BCUT2D eigenvalue weighted by Crippen LogP contribution is -2.22. The fourth-order valence-electron chi connectivity index (χ4n) is 2.96. The van der Waals surface area contributed by atoms with Crippen LogP contribution in [0, 0.1) is 17.0 Å². The summed E-state index contributed by atoms with van der Waals surface area (Å²) in [5, 5.41) is 11.3. The molecule has 4 rings (SSSR count). The third-order valence-electron chi connectivity index (χ3n) is 4.25. The molecule has 7 heteroatoms. The Labute approximate surface area is 159 Å². The minimum atomic E-state index is -0.603. The minimum absolute atomic E-state index is 0.193. The average Bonchev–Trinajstić information content (AvgIpc) is 3.16. The Kier molecular flexibility index (Phi) is 4.33. The summed E-state index contributed by atoms with van der Waals surface area (Å²) in [4.78, 5) is 27.9. The van der Waals surface area contributed by atoms with Crippen LogP contribution < -0.4 is 5.56 Å². The number of hydrogen-bond acceptors (Lipinski definition) is 5. The van der Waals surface area contributed by atoms with Crippen molar-refractivity contribution in [3.63, 3.8) is 0 Å². The van der Waals surface area contributed by atoms with E-state index in [1.165, 1.54) is 16.7 Å². The molecule has 2 aromatic carbocycles. The maximum Gasteiger partial charge on any atom is 0.433 e. The van der Waals surface area contributed by atoms with Crippen LogP contribution in [0.3, 0.4) is 0 Å². The summed E-state index contributed by atoms with van der Waals surface area (Å²) >= 11 is 0. The number of fused-ring (bicyclic) bond motifs is 1. The number of nitro groups is 1. The molecule has 2 heterocycles. The summed E-state index contributed by atoms with van der Waals surface area (Å²) in [5.74, 6) is 0.348. The van der Waals surface area contributed by atoms with Crippen molar-refractivity contribution in [1.82, 2.24) is 9.55 Å². The van der Waals surface area contributed by atoms with Gasteiger partial charge in [-0.15, -0.1) is 0 Å². The summed E-state index contributed by atoms with van der Waals surface area (Å²) in [6, 6.07) is 17.4. The normalized spacial score (nSPS) is 11.3. The molecule has 0 atom stereocenters. The summed E-state index contributed by atoms with van der Waals surface area (Å²) in [6.45, 7) is 1.94. The number of aromatic nitrogens is 2. The van der Waals surface area contributed by atoms with E-state index in [1.807, 2.05) is 37.3 Å². The first-order valence-corrected chi connectivity index (χ1v) is 8.54. The lowest BCUT2D eigenvalue weighted by atomic mass is 10.2. The number of nitrogens with zero attached hydrogens (tertiary/aromatic N) is 3. The van der Waals surface area contributed by atoms with Gasteiger partial charge in [-0.2, -0.15) is 0 Å². The van der Waals surface area contributed by atoms with Gasteiger partial charge in [-0.25, -0.2) is 4.98 Å². The van der Waals surface area contributed by atoms with Crippen molar-refractivity contribution in [3.8, 4) is 5.69 Å². The fourth-order valence-corrected chi connectivity index (χ4v) is 2.96. The molecule has 0 aliphatic carbocycles. The van der Waals surface area contributed by atoms with E-state index in [1.54, 1.807) is 30.4 Å². The maximum atomic E-state index is 13.1. The summed E-state index contributed by atoms with van der Waals surface area (Å²) in [7, 11) is 0. The van der Waals surface area contributed by atoms with Gasteiger partial charge in [0.1, 0.15) is 16.5 Å². The van der Waals surface area contributed by atoms with Gasteiger partial charge in [-0.3, -0.25) is 19.5 Å². The fraction of sp³-hybridized carbons (Fsp3) is 0.0476. The first-order chi connectivity index (χ1) is 13.5. The van der Waals surface area contributed by atoms with Crippen LogP contribution in [0.25, 0.3) is 28.7 Å². The van der Waals surface area contributed by atoms with Crippen molar-refractivity contribution >= 4 is 28.9 Å². The van der Waals surface area contributed by atoms with Crippen LogP contribution in [0.15, 0.2) is 69.9 Å². The standard InChI is InChI=1S/C21H15N3O4/c1-14-5-4-6-15(13-14)23-19(11-9-16-10-12-20(28-16)24(26)27)22-18-8-3-2-7-17(18)21(23)25/h2-13H,1H3/b11-9+. The molecule has 0 saturated carbocycles. The molecule has 0 unspecified atom stereocenters. The van der Waals surface area contributed by atoms with Crippen LogP contribution in [-0.4, -0.2) is 14.5 Å². The van der Waals surface area contributed by atoms with E-state index in [0.29, 0.717) is 28.2 Å². The Morgan fingerprint density at radius 3 is 2.64 bits per heavy atom. The topological polar surface area (TPSA) is 91.2 Å². The summed E-state index contributed by atoms with van der Waals surface area (Å²) < 4.78 is 6.67. The Morgan fingerprint density at radius 2 is 1.89 bits per heavy atom. The lowest BCUT2D eigenvalue weighted by Gasteiger charge is -2.12. The predicted octanol–water partition coefficient (Wildman–Crippen LogP) is 4.37. The van der Waals surface area contributed by atoms with Gasteiger partial charge in [0, 0.05) is 0 Å². The van der Waals surface area contributed by atoms with Crippen molar-refractivity contribution < 1.29 is 9.34 Å². The van der Waals surface area contributed by atoms with Crippen molar-refractivity contribution in [2.24, 2.45) is 0 Å². The number of para-hydroxylation sites is 1. The lowest BCUT2D eigenvalue weighted by molar-refractivity contribution is -0.402. The zero-order chi connectivity index (χ0) is 19.7. The molecule has 0 amide bonds. The van der Waals surface area contributed by atoms with E-state index in [9.17, 15) is 14.9 Å². The van der Waals surface area contributed by atoms with Crippen LogP contribution in [-0.2, 0) is 0 Å².